The van der Waals surface area contributed by atoms with E-state index in [0.717, 1.165) is 46.1 Å². The largest absolute Gasteiger partial charge is 0.481 e. The molecular weight excluding hydrogens is 400 g/mol. The van der Waals surface area contributed by atoms with Gasteiger partial charge < -0.3 is 10.2 Å². The fourth-order valence-electron chi connectivity index (χ4n) is 3.83. The second-order valence-corrected chi connectivity index (χ2v) is 7.94. The monoisotopic (exact) mass is 423 g/mol. The first-order valence-corrected chi connectivity index (χ1v) is 10.3. The molecule has 2 N–H and O–H groups in total. The Morgan fingerprint density at radius 2 is 1.87 bits per heavy atom. The molecular formula is C25H23F2NO3. The Balaban J connectivity index is 1.79. The Morgan fingerprint density at radius 1 is 1.16 bits per heavy atom. The number of nitrogens with zero attached hydrogens (tertiary/aromatic N) is 1. The SMILES string of the molecule is O=C(O)C[C@@H](F)C[C@H](O)/C=C/c1c(C2CC2)nc2ccccc2c1-c1ccc(F)cc1. The lowest BCUT2D eigenvalue weighted by atomic mass is 9.92. The molecule has 2 atom stereocenters. The van der Waals surface area contributed by atoms with Gasteiger partial charge in [-0.15, -0.1) is 0 Å². The van der Waals surface area contributed by atoms with E-state index in [1.54, 1.807) is 18.2 Å². The summed E-state index contributed by atoms with van der Waals surface area (Å²) in [5.74, 6) is -1.26. The highest BCUT2D eigenvalue weighted by molar-refractivity contribution is 5.99. The molecule has 0 amide bonds. The van der Waals surface area contributed by atoms with Crippen molar-refractivity contribution >= 4 is 22.9 Å². The van der Waals surface area contributed by atoms with Crippen LogP contribution < -0.4 is 0 Å². The normalized spacial score (nSPS) is 16.0. The minimum atomic E-state index is -1.63. The van der Waals surface area contributed by atoms with E-state index < -0.39 is 24.7 Å². The van der Waals surface area contributed by atoms with Crippen LogP contribution in [0.25, 0.3) is 28.1 Å². The van der Waals surface area contributed by atoms with Crippen molar-refractivity contribution in [3.63, 3.8) is 0 Å². The van der Waals surface area contributed by atoms with Gasteiger partial charge in [0.15, 0.2) is 0 Å². The van der Waals surface area contributed by atoms with E-state index in [2.05, 4.69) is 0 Å². The molecule has 1 aliphatic carbocycles. The average Bonchev–Trinajstić information content (AvgIpc) is 3.56. The Hall–Kier alpha value is -3.12. The lowest BCUT2D eigenvalue weighted by molar-refractivity contribution is -0.138. The fourth-order valence-corrected chi connectivity index (χ4v) is 3.83. The molecule has 160 valence electrons. The van der Waals surface area contributed by atoms with Crippen molar-refractivity contribution < 1.29 is 23.8 Å². The van der Waals surface area contributed by atoms with Crippen molar-refractivity contribution in [2.75, 3.05) is 0 Å². The van der Waals surface area contributed by atoms with Gasteiger partial charge in [0.2, 0.25) is 0 Å². The minimum Gasteiger partial charge on any atom is -0.481 e. The third kappa shape index (κ3) is 4.97. The maximum atomic E-state index is 13.8. The van der Waals surface area contributed by atoms with E-state index in [1.165, 1.54) is 18.2 Å². The van der Waals surface area contributed by atoms with Crippen molar-refractivity contribution in [2.45, 2.75) is 43.9 Å². The molecule has 0 aliphatic heterocycles. The highest BCUT2D eigenvalue weighted by Crippen LogP contribution is 2.45. The molecule has 0 spiro atoms. The standard InChI is InChI=1S/C25H23F2NO3/c26-17-9-7-15(8-10-17)24-20-3-1-2-4-22(20)28-25(16-5-6-16)21(24)12-11-19(29)13-18(27)14-23(30)31/h1-4,7-12,16,18-19,29H,5-6,13-14H2,(H,30,31)/b12-11+/t18-,19+/m0/s1. The summed E-state index contributed by atoms with van der Waals surface area (Å²) in [7, 11) is 0. The van der Waals surface area contributed by atoms with Crippen LogP contribution in [0.15, 0.2) is 54.6 Å². The summed E-state index contributed by atoms with van der Waals surface area (Å²) in [6.07, 6.45) is 1.56. The number of aliphatic carboxylic acids is 1. The number of para-hydroxylation sites is 1. The number of carboxylic acids is 1. The first-order valence-electron chi connectivity index (χ1n) is 10.3. The van der Waals surface area contributed by atoms with Gasteiger partial charge in [-0.1, -0.05) is 42.5 Å². The lowest BCUT2D eigenvalue weighted by Crippen LogP contribution is -2.15. The third-order valence-corrected chi connectivity index (χ3v) is 5.43. The number of pyridine rings is 1. The van der Waals surface area contributed by atoms with Crippen molar-refractivity contribution in [1.29, 1.82) is 0 Å². The molecule has 3 aromatic rings. The second kappa shape index (κ2) is 8.94. The summed E-state index contributed by atoms with van der Waals surface area (Å²) in [6, 6.07) is 14.0. The number of carbonyl (C=O) groups is 1. The van der Waals surface area contributed by atoms with Crippen LogP contribution in [-0.2, 0) is 4.79 Å². The van der Waals surface area contributed by atoms with E-state index in [0.29, 0.717) is 5.92 Å². The summed E-state index contributed by atoms with van der Waals surface area (Å²) in [5, 5.41) is 19.9. The summed E-state index contributed by atoms with van der Waals surface area (Å²) in [6.45, 7) is 0. The Kier molecular flexibility index (Phi) is 6.09. The zero-order valence-electron chi connectivity index (χ0n) is 16.8. The van der Waals surface area contributed by atoms with Crippen LogP contribution in [0.2, 0.25) is 0 Å². The number of halogens is 2. The lowest BCUT2D eigenvalue weighted by Gasteiger charge is -2.16. The molecule has 6 heteroatoms. The van der Waals surface area contributed by atoms with E-state index in [1.807, 2.05) is 24.3 Å². The molecule has 1 aromatic heterocycles. The summed E-state index contributed by atoms with van der Waals surface area (Å²) >= 11 is 0. The maximum Gasteiger partial charge on any atom is 0.306 e. The molecule has 4 rings (SSSR count). The van der Waals surface area contributed by atoms with Crippen LogP contribution in [0, 0.1) is 5.82 Å². The predicted octanol–water partition coefficient (Wildman–Crippen LogP) is 5.50. The zero-order chi connectivity index (χ0) is 22.0. The Bertz CT molecular complexity index is 1120. The first-order chi connectivity index (χ1) is 14.9. The van der Waals surface area contributed by atoms with Crippen LogP contribution in [0.4, 0.5) is 8.78 Å². The first kappa shape index (κ1) is 21.1. The van der Waals surface area contributed by atoms with Crippen LogP contribution in [0.1, 0.15) is 42.9 Å². The van der Waals surface area contributed by atoms with E-state index in [-0.39, 0.29) is 12.2 Å². The van der Waals surface area contributed by atoms with Gasteiger partial charge in [0.1, 0.15) is 12.0 Å². The number of hydrogen-bond acceptors (Lipinski definition) is 3. The smallest absolute Gasteiger partial charge is 0.306 e. The van der Waals surface area contributed by atoms with Gasteiger partial charge in [0.05, 0.1) is 23.7 Å². The van der Waals surface area contributed by atoms with Gasteiger partial charge in [-0.3, -0.25) is 9.78 Å². The highest BCUT2D eigenvalue weighted by Gasteiger charge is 2.29. The molecule has 2 aromatic carbocycles. The number of alkyl halides is 1. The fraction of sp³-hybridized carbons (Fsp3) is 0.280. The van der Waals surface area contributed by atoms with Crippen molar-refractivity contribution in [3.8, 4) is 11.1 Å². The van der Waals surface area contributed by atoms with Gasteiger partial charge in [0.25, 0.3) is 0 Å². The van der Waals surface area contributed by atoms with Crippen molar-refractivity contribution in [1.82, 2.24) is 4.98 Å². The molecule has 0 bridgehead atoms. The second-order valence-electron chi connectivity index (χ2n) is 7.94. The quantitative estimate of drug-likeness (QED) is 0.502. The van der Waals surface area contributed by atoms with Crippen molar-refractivity contribution in [2.24, 2.45) is 0 Å². The Labute approximate surface area is 178 Å². The average molecular weight is 423 g/mol. The van der Waals surface area contributed by atoms with Gasteiger partial charge in [-0.05, 0) is 36.6 Å². The molecule has 1 aliphatic rings. The Morgan fingerprint density at radius 3 is 2.55 bits per heavy atom. The molecule has 31 heavy (non-hydrogen) atoms. The number of hydrogen-bond donors (Lipinski definition) is 2. The molecule has 1 fully saturated rings. The van der Waals surface area contributed by atoms with Gasteiger partial charge in [-0.25, -0.2) is 8.78 Å². The topological polar surface area (TPSA) is 70.4 Å². The molecule has 1 heterocycles. The molecule has 0 unspecified atom stereocenters. The summed E-state index contributed by atoms with van der Waals surface area (Å²) in [5.41, 5.74) is 4.28. The van der Waals surface area contributed by atoms with E-state index in [4.69, 9.17) is 10.1 Å². The number of benzene rings is 2. The third-order valence-electron chi connectivity index (χ3n) is 5.43. The van der Waals surface area contributed by atoms with Gasteiger partial charge in [-0.2, -0.15) is 0 Å². The van der Waals surface area contributed by atoms with Crippen LogP contribution in [0.3, 0.4) is 0 Å². The number of rotatable bonds is 8. The highest BCUT2D eigenvalue weighted by atomic mass is 19.1. The van der Waals surface area contributed by atoms with E-state index >= 15 is 0 Å². The summed E-state index contributed by atoms with van der Waals surface area (Å²) < 4.78 is 27.4. The number of aliphatic hydroxyl groups excluding tert-OH is 1. The number of carboxylic acid groups (broad SMARTS) is 1. The van der Waals surface area contributed by atoms with Crippen molar-refractivity contribution in [3.05, 3.63) is 71.7 Å². The summed E-state index contributed by atoms with van der Waals surface area (Å²) in [4.78, 5) is 15.5. The molecule has 1 saturated carbocycles. The number of aliphatic hydroxyl groups is 1. The zero-order valence-corrected chi connectivity index (χ0v) is 16.8. The van der Waals surface area contributed by atoms with Gasteiger partial charge >= 0.3 is 5.97 Å². The molecule has 0 saturated heterocycles. The minimum absolute atomic E-state index is 0.297. The number of fused-ring (bicyclic) bond motifs is 1. The van der Waals surface area contributed by atoms with Crippen LogP contribution in [0.5, 0.6) is 0 Å². The van der Waals surface area contributed by atoms with E-state index in [9.17, 15) is 18.7 Å². The predicted molar refractivity (Wildman–Crippen MR) is 116 cm³/mol. The van der Waals surface area contributed by atoms with Gasteiger partial charge in [0, 0.05) is 28.9 Å². The molecule has 0 radical (unpaired) electrons. The maximum absolute atomic E-state index is 13.8. The number of aromatic nitrogens is 1. The van der Waals surface area contributed by atoms with Crippen LogP contribution in [-0.4, -0.2) is 33.4 Å². The molecule has 4 nitrogen and oxygen atoms in total. The van der Waals surface area contributed by atoms with Crippen LogP contribution >= 0.6 is 0 Å².